The van der Waals surface area contributed by atoms with E-state index < -0.39 is 33.6 Å². The quantitative estimate of drug-likeness (QED) is 0.517. The van der Waals surface area contributed by atoms with Crippen LogP contribution in [-0.2, 0) is 26.2 Å². The van der Waals surface area contributed by atoms with Gasteiger partial charge in [-0.3, -0.25) is 13.9 Å². The Bertz CT molecular complexity index is 1090. The zero-order valence-corrected chi connectivity index (χ0v) is 20.6. The highest BCUT2D eigenvalue weighted by Crippen LogP contribution is 2.20. The average molecular weight is 496 g/mol. The highest BCUT2D eigenvalue weighted by Gasteiger charge is 2.27. The molecule has 1 N–H and O–H groups in total. The summed E-state index contributed by atoms with van der Waals surface area (Å²) < 4.78 is 53.1. The number of carbonyl (C=O) groups excluding carboxylic acids is 2. The molecule has 0 spiro atoms. The molecule has 186 valence electrons. The highest BCUT2D eigenvalue weighted by molar-refractivity contribution is 7.92. The number of sulfonamides is 1. The van der Waals surface area contributed by atoms with E-state index in [0.29, 0.717) is 0 Å². The van der Waals surface area contributed by atoms with Crippen molar-refractivity contribution in [2.24, 2.45) is 0 Å². The van der Waals surface area contributed by atoms with Gasteiger partial charge >= 0.3 is 0 Å². The predicted molar refractivity (Wildman–Crippen MR) is 128 cm³/mol. The molecule has 1 atom stereocenters. The third kappa shape index (κ3) is 7.79. The van der Waals surface area contributed by atoms with Crippen molar-refractivity contribution in [2.45, 2.75) is 52.2 Å². The van der Waals surface area contributed by atoms with Gasteiger partial charge in [-0.2, -0.15) is 0 Å². The van der Waals surface area contributed by atoms with E-state index >= 15 is 0 Å². The lowest BCUT2D eigenvalue weighted by Gasteiger charge is -2.30. The number of carbonyl (C=O) groups is 2. The minimum absolute atomic E-state index is 0.0175. The number of hydrogen-bond acceptors (Lipinski definition) is 4. The zero-order valence-electron chi connectivity index (χ0n) is 19.8. The van der Waals surface area contributed by atoms with Crippen molar-refractivity contribution in [3.63, 3.8) is 0 Å². The van der Waals surface area contributed by atoms with Crippen LogP contribution in [0.25, 0.3) is 0 Å². The molecule has 0 aliphatic carbocycles. The Hall–Kier alpha value is -3.01. The van der Waals surface area contributed by atoms with Crippen LogP contribution in [-0.4, -0.2) is 50.0 Å². The van der Waals surface area contributed by atoms with Gasteiger partial charge in [-0.25, -0.2) is 17.2 Å². The first-order valence-corrected chi connectivity index (χ1v) is 12.8. The Kier molecular flexibility index (Phi) is 9.55. The van der Waals surface area contributed by atoms with Gasteiger partial charge in [0.05, 0.1) is 11.9 Å². The molecule has 0 heterocycles. The lowest BCUT2D eigenvalue weighted by atomic mass is 10.1. The maximum atomic E-state index is 14.3. The number of nitrogens with zero attached hydrogens (tertiary/aromatic N) is 2. The Morgan fingerprint density at radius 1 is 1.00 bits per heavy atom. The molecule has 7 nitrogen and oxygen atoms in total. The highest BCUT2D eigenvalue weighted by atomic mass is 32.2. The van der Waals surface area contributed by atoms with Crippen LogP contribution in [0.3, 0.4) is 0 Å². The van der Waals surface area contributed by atoms with Crippen molar-refractivity contribution >= 4 is 27.5 Å². The molecule has 0 saturated heterocycles. The minimum atomic E-state index is -3.67. The number of hydrogen-bond donors (Lipinski definition) is 1. The fraction of sp³-hybridized carbons (Fsp3) is 0.417. The van der Waals surface area contributed by atoms with E-state index in [4.69, 9.17) is 0 Å². The second-order valence-corrected chi connectivity index (χ2v) is 10.3. The van der Waals surface area contributed by atoms with Crippen LogP contribution in [0.5, 0.6) is 0 Å². The van der Waals surface area contributed by atoms with Crippen LogP contribution in [0, 0.1) is 11.6 Å². The van der Waals surface area contributed by atoms with Gasteiger partial charge in [0.1, 0.15) is 17.7 Å². The van der Waals surface area contributed by atoms with Crippen LogP contribution in [0.1, 0.15) is 39.2 Å². The molecule has 2 amide bonds. The molecule has 0 unspecified atom stereocenters. The molecule has 2 aromatic carbocycles. The third-order valence-electron chi connectivity index (χ3n) is 5.16. The van der Waals surface area contributed by atoms with Gasteiger partial charge in [0.15, 0.2) is 0 Å². The molecule has 0 radical (unpaired) electrons. The standard InChI is InChI=1S/C24H31F2N3O4S/c1-17(2)27-24(31)18(3)28(16-19-8-5-6-9-22(19)26)23(30)10-7-15-29(34(4,32)33)21-13-11-20(25)12-14-21/h5-6,8-9,11-14,17-18H,7,10,15-16H2,1-4H3,(H,27,31)/t18-/m1/s1. The molecular weight excluding hydrogens is 464 g/mol. The van der Waals surface area contributed by atoms with Gasteiger partial charge in [0, 0.05) is 31.1 Å². The van der Waals surface area contributed by atoms with Crippen molar-refractivity contribution in [3.05, 3.63) is 65.7 Å². The van der Waals surface area contributed by atoms with Crippen LogP contribution in [0.4, 0.5) is 14.5 Å². The van der Waals surface area contributed by atoms with Crippen molar-refractivity contribution in [1.29, 1.82) is 0 Å². The number of benzene rings is 2. The third-order valence-corrected chi connectivity index (χ3v) is 6.36. The molecular formula is C24H31F2N3O4S. The maximum Gasteiger partial charge on any atom is 0.242 e. The summed E-state index contributed by atoms with van der Waals surface area (Å²) in [6.45, 7) is 5.03. The Labute approximate surface area is 199 Å². The van der Waals surface area contributed by atoms with Crippen molar-refractivity contribution in [3.8, 4) is 0 Å². The van der Waals surface area contributed by atoms with Crippen molar-refractivity contribution < 1.29 is 26.8 Å². The van der Waals surface area contributed by atoms with E-state index in [-0.39, 0.29) is 49.1 Å². The largest absolute Gasteiger partial charge is 0.352 e. The van der Waals surface area contributed by atoms with Crippen LogP contribution >= 0.6 is 0 Å². The summed E-state index contributed by atoms with van der Waals surface area (Å²) in [5.74, 6) is -1.77. The molecule has 34 heavy (non-hydrogen) atoms. The number of nitrogens with one attached hydrogen (secondary N) is 1. The second kappa shape index (κ2) is 11.9. The summed E-state index contributed by atoms with van der Waals surface area (Å²) in [7, 11) is -3.67. The van der Waals surface area contributed by atoms with Crippen LogP contribution in [0.2, 0.25) is 0 Å². The minimum Gasteiger partial charge on any atom is -0.352 e. The summed E-state index contributed by atoms with van der Waals surface area (Å²) in [5, 5.41) is 2.75. The van der Waals surface area contributed by atoms with Crippen LogP contribution in [0.15, 0.2) is 48.5 Å². The monoisotopic (exact) mass is 495 g/mol. The van der Waals surface area contributed by atoms with E-state index in [2.05, 4.69) is 5.32 Å². The van der Waals surface area contributed by atoms with Crippen molar-refractivity contribution in [1.82, 2.24) is 10.2 Å². The number of rotatable bonds is 11. The molecule has 0 aromatic heterocycles. The molecule has 2 rings (SSSR count). The van der Waals surface area contributed by atoms with Gasteiger partial charge in [-0.15, -0.1) is 0 Å². The second-order valence-electron chi connectivity index (χ2n) is 8.37. The van der Waals surface area contributed by atoms with Gasteiger partial charge in [-0.1, -0.05) is 18.2 Å². The first-order chi connectivity index (χ1) is 15.9. The van der Waals surface area contributed by atoms with Crippen molar-refractivity contribution in [2.75, 3.05) is 17.1 Å². The SMILES string of the molecule is CC(C)NC(=O)[C@@H](C)N(Cc1ccccc1F)C(=O)CCCN(c1ccc(F)cc1)S(C)(=O)=O. The molecule has 10 heteroatoms. The maximum absolute atomic E-state index is 14.3. The summed E-state index contributed by atoms with van der Waals surface area (Å²) in [5.41, 5.74) is 0.549. The van der Waals surface area contributed by atoms with Gasteiger partial charge < -0.3 is 10.2 Å². The van der Waals surface area contributed by atoms with Gasteiger partial charge in [-0.05, 0) is 57.5 Å². The molecule has 0 bridgehead atoms. The number of anilines is 1. The summed E-state index contributed by atoms with van der Waals surface area (Å²) >= 11 is 0. The van der Waals surface area contributed by atoms with E-state index in [9.17, 15) is 26.8 Å². The van der Waals surface area contributed by atoms with E-state index in [0.717, 1.165) is 22.7 Å². The van der Waals surface area contributed by atoms with Gasteiger partial charge in [0.2, 0.25) is 21.8 Å². The fourth-order valence-corrected chi connectivity index (χ4v) is 4.37. The molecule has 0 saturated carbocycles. The van der Waals surface area contributed by atoms with E-state index in [1.807, 2.05) is 0 Å². The Morgan fingerprint density at radius 2 is 1.62 bits per heavy atom. The lowest BCUT2D eigenvalue weighted by molar-refractivity contribution is -0.140. The first kappa shape index (κ1) is 27.2. The molecule has 0 fully saturated rings. The summed E-state index contributed by atoms with van der Waals surface area (Å²) in [6, 6.07) is 10.0. The predicted octanol–water partition coefficient (Wildman–Crippen LogP) is 3.45. The van der Waals surface area contributed by atoms with E-state index in [1.165, 1.54) is 29.2 Å². The number of halogens is 2. The Balaban J connectivity index is 2.17. The molecule has 0 aliphatic heterocycles. The number of amides is 2. The summed E-state index contributed by atoms with van der Waals surface area (Å²) in [4.78, 5) is 27.0. The van der Waals surface area contributed by atoms with Crippen LogP contribution < -0.4 is 9.62 Å². The average Bonchev–Trinajstić information content (AvgIpc) is 2.75. The zero-order chi connectivity index (χ0) is 25.5. The smallest absolute Gasteiger partial charge is 0.242 e. The first-order valence-electron chi connectivity index (χ1n) is 11.0. The van der Waals surface area contributed by atoms with E-state index in [1.54, 1.807) is 32.9 Å². The van der Waals surface area contributed by atoms with Gasteiger partial charge in [0.25, 0.3) is 0 Å². The summed E-state index contributed by atoms with van der Waals surface area (Å²) in [6.07, 6.45) is 1.11. The lowest BCUT2D eigenvalue weighted by Crippen LogP contribution is -2.49. The Morgan fingerprint density at radius 3 is 2.18 bits per heavy atom. The molecule has 2 aromatic rings. The topological polar surface area (TPSA) is 86.8 Å². The molecule has 0 aliphatic rings. The fourth-order valence-electron chi connectivity index (χ4n) is 3.41. The normalized spacial score (nSPS) is 12.3.